The van der Waals surface area contributed by atoms with E-state index in [0.29, 0.717) is 0 Å². The van der Waals surface area contributed by atoms with E-state index in [1.807, 2.05) is 19.1 Å². The van der Waals surface area contributed by atoms with Crippen LogP contribution in [0.5, 0.6) is 0 Å². The number of halogens is 1. The van der Waals surface area contributed by atoms with Crippen LogP contribution >= 0.6 is 0 Å². The standard InChI is InChI=1S/C18H21FN2/c1-13(20)18(15-6-8-17(19)9-7-15)21-11-10-14-4-2-3-5-16(14)12-21/h2-9,13,18H,10-12,20H2,1H3. The number of rotatable bonds is 3. The molecule has 2 atom stereocenters. The number of benzene rings is 2. The smallest absolute Gasteiger partial charge is 0.123 e. The minimum atomic E-state index is -0.203. The minimum Gasteiger partial charge on any atom is -0.326 e. The van der Waals surface area contributed by atoms with Gasteiger partial charge in [-0.1, -0.05) is 36.4 Å². The first-order valence-corrected chi connectivity index (χ1v) is 7.47. The summed E-state index contributed by atoms with van der Waals surface area (Å²) in [7, 11) is 0. The SMILES string of the molecule is CC(N)C(c1ccc(F)cc1)N1CCc2ccccc2C1. The zero-order valence-corrected chi connectivity index (χ0v) is 12.3. The Hall–Kier alpha value is -1.71. The summed E-state index contributed by atoms with van der Waals surface area (Å²) < 4.78 is 13.1. The van der Waals surface area contributed by atoms with Crippen LogP contribution in [-0.4, -0.2) is 17.5 Å². The molecule has 3 heteroatoms. The number of hydrogen-bond acceptors (Lipinski definition) is 2. The van der Waals surface area contributed by atoms with Crippen molar-refractivity contribution in [2.75, 3.05) is 6.54 Å². The molecule has 0 saturated heterocycles. The van der Waals surface area contributed by atoms with Crippen molar-refractivity contribution in [3.8, 4) is 0 Å². The molecule has 110 valence electrons. The normalized spacial score (nSPS) is 18.0. The molecule has 2 aromatic rings. The molecule has 2 aromatic carbocycles. The third-order valence-electron chi connectivity index (χ3n) is 4.26. The van der Waals surface area contributed by atoms with Crippen molar-refractivity contribution in [2.24, 2.45) is 5.73 Å². The predicted octanol–water partition coefficient (Wildman–Crippen LogP) is 3.27. The van der Waals surface area contributed by atoms with Crippen molar-refractivity contribution >= 4 is 0 Å². The first kappa shape index (κ1) is 14.2. The van der Waals surface area contributed by atoms with Gasteiger partial charge in [0.1, 0.15) is 5.82 Å². The molecule has 1 heterocycles. The van der Waals surface area contributed by atoms with Crippen molar-refractivity contribution < 1.29 is 4.39 Å². The van der Waals surface area contributed by atoms with Crippen LogP contribution in [0.3, 0.4) is 0 Å². The monoisotopic (exact) mass is 284 g/mol. The summed E-state index contributed by atoms with van der Waals surface area (Å²) in [6.45, 7) is 3.91. The fraction of sp³-hybridized carbons (Fsp3) is 0.333. The second kappa shape index (κ2) is 5.96. The van der Waals surface area contributed by atoms with Gasteiger partial charge in [0, 0.05) is 25.2 Å². The molecule has 3 rings (SSSR count). The first-order valence-electron chi connectivity index (χ1n) is 7.47. The van der Waals surface area contributed by atoms with Crippen molar-refractivity contribution in [3.05, 3.63) is 71.0 Å². The summed E-state index contributed by atoms with van der Waals surface area (Å²) in [6.07, 6.45) is 1.04. The molecule has 0 aromatic heterocycles. The van der Waals surface area contributed by atoms with Crippen LogP contribution in [-0.2, 0) is 13.0 Å². The van der Waals surface area contributed by atoms with Crippen LogP contribution in [0.2, 0.25) is 0 Å². The second-order valence-corrected chi connectivity index (χ2v) is 5.84. The van der Waals surface area contributed by atoms with Crippen LogP contribution in [0.4, 0.5) is 4.39 Å². The van der Waals surface area contributed by atoms with E-state index in [1.54, 1.807) is 0 Å². The maximum atomic E-state index is 13.1. The van der Waals surface area contributed by atoms with E-state index < -0.39 is 0 Å². The molecule has 1 aliphatic rings. The average molecular weight is 284 g/mol. The molecule has 0 fully saturated rings. The van der Waals surface area contributed by atoms with Crippen LogP contribution in [0.25, 0.3) is 0 Å². The van der Waals surface area contributed by atoms with Gasteiger partial charge >= 0.3 is 0 Å². The van der Waals surface area contributed by atoms with E-state index in [4.69, 9.17) is 5.73 Å². The van der Waals surface area contributed by atoms with E-state index in [-0.39, 0.29) is 17.9 Å². The minimum absolute atomic E-state index is 0.000670. The molecule has 0 aliphatic carbocycles. The molecule has 0 bridgehead atoms. The Labute approximate surface area is 125 Å². The molecule has 0 amide bonds. The highest BCUT2D eigenvalue weighted by Crippen LogP contribution is 2.29. The third-order valence-corrected chi connectivity index (χ3v) is 4.26. The van der Waals surface area contributed by atoms with Crippen LogP contribution in [0.1, 0.15) is 29.7 Å². The Morgan fingerprint density at radius 2 is 1.71 bits per heavy atom. The van der Waals surface area contributed by atoms with E-state index in [9.17, 15) is 4.39 Å². The molecular weight excluding hydrogens is 263 g/mol. The topological polar surface area (TPSA) is 29.3 Å². The Bertz CT molecular complexity index is 607. The molecule has 2 N–H and O–H groups in total. The van der Waals surface area contributed by atoms with Crippen molar-refractivity contribution in [3.63, 3.8) is 0 Å². The summed E-state index contributed by atoms with van der Waals surface area (Å²) in [6, 6.07) is 15.4. The second-order valence-electron chi connectivity index (χ2n) is 5.84. The van der Waals surface area contributed by atoms with Gasteiger partial charge in [0.25, 0.3) is 0 Å². The van der Waals surface area contributed by atoms with E-state index in [0.717, 1.165) is 25.1 Å². The molecule has 2 nitrogen and oxygen atoms in total. The summed E-state index contributed by atoms with van der Waals surface area (Å²) in [5.41, 5.74) is 10.1. The van der Waals surface area contributed by atoms with Gasteiger partial charge in [-0.25, -0.2) is 4.39 Å². The highest BCUT2D eigenvalue weighted by Gasteiger charge is 2.27. The molecular formula is C18H21FN2. The quantitative estimate of drug-likeness (QED) is 0.937. The van der Waals surface area contributed by atoms with Crippen molar-refractivity contribution in [2.45, 2.75) is 32.0 Å². The van der Waals surface area contributed by atoms with Crippen LogP contribution < -0.4 is 5.73 Å². The highest BCUT2D eigenvalue weighted by atomic mass is 19.1. The zero-order chi connectivity index (χ0) is 14.8. The van der Waals surface area contributed by atoms with E-state index in [2.05, 4.69) is 29.2 Å². The van der Waals surface area contributed by atoms with Crippen molar-refractivity contribution in [1.29, 1.82) is 0 Å². The molecule has 1 aliphatic heterocycles. The molecule has 0 spiro atoms. The highest BCUT2D eigenvalue weighted by molar-refractivity contribution is 5.30. The Balaban J connectivity index is 1.87. The summed E-state index contributed by atoms with van der Waals surface area (Å²) in [5, 5.41) is 0. The van der Waals surface area contributed by atoms with Crippen LogP contribution in [0, 0.1) is 5.82 Å². The zero-order valence-electron chi connectivity index (χ0n) is 12.3. The predicted molar refractivity (Wildman–Crippen MR) is 83.3 cm³/mol. The van der Waals surface area contributed by atoms with Gasteiger partial charge in [0.15, 0.2) is 0 Å². The van der Waals surface area contributed by atoms with Gasteiger partial charge in [-0.2, -0.15) is 0 Å². The molecule has 2 unspecified atom stereocenters. The number of nitrogens with two attached hydrogens (primary N) is 1. The first-order chi connectivity index (χ1) is 10.1. The lowest BCUT2D eigenvalue weighted by Gasteiger charge is -2.38. The Morgan fingerprint density at radius 3 is 2.38 bits per heavy atom. The number of nitrogens with zero attached hydrogens (tertiary/aromatic N) is 1. The molecule has 0 radical (unpaired) electrons. The number of fused-ring (bicyclic) bond motifs is 1. The van der Waals surface area contributed by atoms with Crippen molar-refractivity contribution in [1.82, 2.24) is 4.90 Å². The summed E-state index contributed by atoms with van der Waals surface area (Å²) in [4.78, 5) is 2.40. The van der Waals surface area contributed by atoms with Gasteiger partial charge in [-0.15, -0.1) is 0 Å². The fourth-order valence-electron chi connectivity index (χ4n) is 3.26. The van der Waals surface area contributed by atoms with E-state index >= 15 is 0 Å². The summed E-state index contributed by atoms with van der Waals surface area (Å²) in [5.74, 6) is -0.203. The molecule has 0 saturated carbocycles. The third kappa shape index (κ3) is 2.99. The summed E-state index contributed by atoms with van der Waals surface area (Å²) >= 11 is 0. The molecule has 21 heavy (non-hydrogen) atoms. The average Bonchev–Trinajstić information content (AvgIpc) is 2.49. The van der Waals surface area contributed by atoms with E-state index in [1.165, 1.54) is 23.3 Å². The van der Waals surface area contributed by atoms with Gasteiger partial charge in [0.2, 0.25) is 0 Å². The maximum Gasteiger partial charge on any atom is 0.123 e. The Kier molecular flexibility index (Phi) is 4.04. The fourth-order valence-corrected chi connectivity index (χ4v) is 3.26. The van der Waals surface area contributed by atoms with Gasteiger partial charge in [-0.3, -0.25) is 4.90 Å². The lowest BCUT2D eigenvalue weighted by atomic mass is 9.93. The van der Waals surface area contributed by atoms with Gasteiger partial charge < -0.3 is 5.73 Å². The van der Waals surface area contributed by atoms with Gasteiger partial charge in [0.05, 0.1) is 0 Å². The maximum absolute atomic E-state index is 13.1. The lowest BCUT2D eigenvalue weighted by molar-refractivity contribution is 0.159. The largest absolute Gasteiger partial charge is 0.326 e. The lowest BCUT2D eigenvalue weighted by Crippen LogP contribution is -2.42. The van der Waals surface area contributed by atoms with Gasteiger partial charge in [-0.05, 0) is 42.2 Å². The van der Waals surface area contributed by atoms with Crippen LogP contribution in [0.15, 0.2) is 48.5 Å². The Morgan fingerprint density at radius 1 is 1.05 bits per heavy atom. The number of hydrogen-bond donors (Lipinski definition) is 1.